The van der Waals surface area contributed by atoms with Crippen LogP contribution in [0.3, 0.4) is 0 Å². The minimum atomic E-state index is -1.40. The zero-order chi connectivity index (χ0) is 13.0. The Morgan fingerprint density at radius 3 is 2.65 bits per heavy atom. The van der Waals surface area contributed by atoms with Crippen LogP contribution in [0, 0.1) is 17.6 Å². The van der Waals surface area contributed by atoms with Gasteiger partial charge in [-0.1, -0.05) is 0 Å². The van der Waals surface area contributed by atoms with E-state index in [4.69, 9.17) is 0 Å². The highest BCUT2D eigenvalue weighted by molar-refractivity contribution is 5.80. The average molecular weight is 247 g/mol. The summed E-state index contributed by atoms with van der Waals surface area (Å²) in [5, 5.41) is 2.49. The van der Waals surface area contributed by atoms with Crippen LogP contribution in [0.15, 0.2) is 6.07 Å². The van der Waals surface area contributed by atoms with Crippen LogP contribution in [-0.2, 0) is 4.79 Å². The van der Waals surface area contributed by atoms with Crippen molar-refractivity contribution in [1.82, 2.24) is 10.3 Å². The van der Waals surface area contributed by atoms with Gasteiger partial charge in [0.15, 0.2) is 17.5 Å². The van der Waals surface area contributed by atoms with Gasteiger partial charge in [0, 0.05) is 19.7 Å². The Morgan fingerprint density at radius 1 is 1.41 bits per heavy atom. The summed E-state index contributed by atoms with van der Waals surface area (Å²) >= 11 is 0. The highest BCUT2D eigenvalue weighted by Gasteiger charge is 2.16. The van der Waals surface area contributed by atoms with Crippen molar-refractivity contribution in [3.8, 4) is 0 Å². The maximum absolute atomic E-state index is 13.3. The Hall–Kier alpha value is -1.79. The number of amides is 1. The van der Waals surface area contributed by atoms with Gasteiger partial charge in [0.2, 0.25) is 5.91 Å². The Morgan fingerprint density at radius 2 is 2.06 bits per heavy atom. The molecule has 7 heteroatoms. The lowest BCUT2D eigenvalue weighted by molar-refractivity contribution is -0.119. The van der Waals surface area contributed by atoms with Gasteiger partial charge >= 0.3 is 0 Å². The molecule has 0 aliphatic heterocycles. The van der Waals surface area contributed by atoms with E-state index in [2.05, 4.69) is 10.3 Å². The summed E-state index contributed by atoms with van der Waals surface area (Å²) < 4.78 is 38.7. The highest BCUT2D eigenvalue weighted by atomic mass is 19.2. The molecule has 0 saturated carbocycles. The largest absolute Gasteiger partial charge is 0.355 e. The fraction of sp³-hybridized carbons (Fsp3) is 0.400. The van der Waals surface area contributed by atoms with E-state index < -0.39 is 23.4 Å². The number of carbonyl (C=O) groups is 1. The monoisotopic (exact) mass is 247 g/mol. The minimum Gasteiger partial charge on any atom is -0.355 e. The number of nitrogens with one attached hydrogen (secondary N) is 1. The smallest absolute Gasteiger partial charge is 0.251 e. The fourth-order valence-electron chi connectivity index (χ4n) is 1.25. The average Bonchev–Trinajstić information content (AvgIpc) is 2.23. The first-order valence-corrected chi connectivity index (χ1v) is 4.95. The van der Waals surface area contributed by atoms with Crippen LogP contribution >= 0.6 is 0 Å². The first-order valence-electron chi connectivity index (χ1n) is 4.95. The van der Waals surface area contributed by atoms with Crippen LogP contribution < -0.4 is 10.2 Å². The molecule has 1 aromatic heterocycles. The Bertz CT molecular complexity index is 426. The van der Waals surface area contributed by atoms with E-state index in [9.17, 15) is 18.0 Å². The molecule has 0 aliphatic carbocycles. The summed E-state index contributed by atoms with van der Waals surface area (Å²) in [6.45, 7) is 1.97. The van der Waals surface area contributed by atoms with Crippen LogP contribution in [0.4, 0.5) is 19.0 Å². The highest BCUT2D eigenvalue weighted by Crippen LogP contribution is 2.17. The van der Waals surface area contributed by atoms with Crippen molar-refractivity contribution in [3.05, 3.63) is 23.6 Å². The molecule has 1 amide bonds. The van der Waals surface area contributed by atoms with Crippen molar-refractivity contribution in [2.24, 2.45) is 0 Å². The van der Waals surface area contributed by atoms with E-state index in [0.717, 1.165) is 4.90 Å². The van der Waals surface area contributed by atoms with Gasteiger partial charge in [-0.25, -0.2) is 8.78 Å². The molecule has 0 unspecified atom stereocenters. The third-order valence-electron chi connectivity index (χ3n) is 1.98. The summed E-state index contributed by atoms with van der Waals surface area (Å²) in [4.78, 5) is 15.4. The molecule has 0 aromatic carbocycles. The SMILES string of the molecule is CCNC(=O)CN(C)c1nc(F)c(F)cc1F. The lowest BCUT2D eigenvalue weighted by Crippen LogP contribution is -2.35. The van der Waals surface area contributed by atoms with Crippen molar-refractivity contribution >= 4 is 11.7 Å². The normalized spacial score (nSPS) is 10.2. The number of halogens is 3. The number of likely N-dealkylation sites (N-methyl/N-ethyl adjacent to an activating group) is 2. The zero-order valence-corrected chi connectivity index (χ0v) is 9.43. The summed E-state index contributed by atoms with van der Waals surface area (Å²) in [5.74, 6) is -4.55. The number of pyridine rings is 1. The van der Waals surface area contributed by atoms with Crippen molar-refractivity contribution in [3.63, 3.8) is 0 Å². The van der Waals surface area contributed by atoms with Crippen LogP contribution in [0.1, 0.15) is 6.92 Å². The number of carbonyl (C=O) groups excluding carboxylic acids is 1. The minimum absolute atomic E-state index is 0.192. The topological polar surface area (TPSA) is 45.2 Å². The van der Waals surface area contributed by atoms with Gasteiger partial charge in [-0.15, -0.1) is 0 Å². The Labute approximate surface area is 96.4 Å². The standard InChI is InChI=1S/C10H12F3N3O/c1-3-14-8(17)5-16(2)10-7(12)4-6(11)9(13)15-10/h4H,3,5H2,1-2H3,(H,14,17). The van der Waals surface area contributed by atoms with Crippen molar-refractivity contribution < 1.29 is 18.0 Å². The van der Waals surface area contributed by atoms with Gasteiger partial charge in [-0.05, 0) is 6.92 Å². The van der Waals surface area contributed by atoms with Crippen molar-refractivity contribution in [2.75, 3.05) is 25.0 Å². The molecular weight excluding hydrogens is 235 g/mol. The molecule has 1 aromatic rings. The molecule has 0 radical (unpaired) electrons. The molecular formula is C10H12F3N3O. The molecule has 0 spiro atoms. The van der Waals surface area contributed by atoms with Gasteiger partial charge in [0.05, 0.1) is 6.54 Å². The maximum Gasteiger partial charge on any atom is 0.251 e. The number of rotatable bonds is 4. The van der Waals surface area contributed by atoms with Crippen molar-refractivity contribution in [1.29, 1.82) is 0 Å². The van der Waals surface area contributed by atoms with E-state index in [1.165, 1.54) is 7.05 Å². The summed E-state index contributed by atoms with van der Waals surface area (Å²) in [6, 6.07) is 0.395. The first-order chi connectivity index (χ1) is 7.95. The number of hydrogen-bond donors (Lipinski definition) is 1. The van der Waals surface area contributed by atoms with E-state index in [1.54, 1.807) is 6.92 Å². The van der Waals surface area contributed by atoms with Gasteiger partial charge < -0.3 is 10.2 Å². The maximum atomic E-state index is 13.3. The Kier molecular flexibility index (Phi) is 4.30. The Balaban J connectivity index is 2.85. The van der Waals surface area contributed by atoms with Gasteiger partial charge in [0.25, 0.3) is 5.95 Å². The summed E-state index contributed by atoms with van der Waals surface area (Å²) in [5.41, 5.74) is 0. The molecule has 0 aliphatic rings. The molecule has 17 heavy (non-hydrogen) atoms. The predicted molar refractivity (Wildman–Crippen MR) is 56.1 cm³/mol. The molecule has 94 valence electrons. The van der Waals surface area contributed by atoms with E-state index >= 15 is 0 Å². The number of aromatic nitrogens is 1. The second-order valence-electron chi connectivity index (χ2n) is 3.38. The number of hydrogen-bond acceptors (Lipinski definition) is 3. The van der Waals surface area contributed by atoms with Crippen molar-refractivity contribution in [2.45, 2.75) is 6.92 Å². The van der Waals surface area contributed by atoms with E-state index in [1.807, 2.05) is 0 Å². The van der Waals surface area contributed by atoms with Gasteiger partial charge in [-0.2, -0.15) is 9.37 Å². The number of nitrogens with zero attached hydrogens (tertiary/aromatic N) is 2. The zero-order valence-electron chi connectivity index (χ0n) is 9.43. The molecule has 1 rings (SSSR count). The molecule has 0 saturated heterocycles. The third-order valence-corrected chi connectivity index (χ3v) is 1.98. The van der Waals surface area contributed by atoms with Gasteiger partial charge in [0.1, 0.15) is 0 Å². The fourth-order valence-corrected chi connectivity index (χ4v) is 1.25. The summed E-state index contributed by atoms with van der Waals surface area (Å²) in [6.07, 6.45) is 0. The molecule has 0 atom stereocenters. The molecule has 0 bridgehead atoms. The second kappa shape index (κ2) is 5.51. The second-order valence-corrected chi connectivity index (χ2v) is 3.38. The van der Waals surface area contributed by atoms with Crippen LogP contribution in [0.2, 0.25) is 0 Å². The van der Waals surface area contributed by atoms with Gasteiger partial charge in [-0.3, -0.25) is 4.79 Å². The number of anilines is 1. The van der Waals surface area contributed by atoms with Crippen LogP contribution in [0.5, 0.6) is 0 Å². The molecule has 0 fully saturated rings. The van der Waals surface area contributed by atoms with E-state index in [0.29, 0.717) is 12.6 Å². The predicted octanol–water partition coefficient (Wildman–Crippen LogP) is 1.07. The first kappa shape index (κ1) is 13.3. The van der Waals surface area contributed by atoms with E-state index in [-0.39, 0.29) is 12.5 Å². The van der Waals surface area contributed by atoms with Crippen LogP contribution in [-0.4, -0.2) is 31.0 Å². The molecule has 4 nitrogen and oxygen atoms in total. The van der Waals surface area contributed by atoms with Crippen LogP contribution in [0.25, 0.3) is 0 Å². The third kappa shape index (κ3) is 3.33. The lowest BCUT2D eigenvalue weighted by atomic mass is 10.4. The quantitative estimate of drug-likeness (QED) is 0.809. The molecule has 1 heterocycles. The summed E-state index contributed by atoms with van der Waals surface area (Å²) in [7, 11) is 1.36. The molecule has 1 N–H and O–H groups in total. The lowest BCUT2D eigenvalue weighted by Gasteiger charge is -2.17.